The van der Waals surface area contributed by atoms with Crippen LogP contribution in [0.25, 0.3) is 0 Å². The van der Waals surface area contributed by atoms with E-state index in [0.29, 0.717) is 18.3 Å². The number of nitrogens with zero attached hydrogens (tertiary/aromatic N) is 2. The molecule has 1 unspecified atom stereocenters. The van der Waals surface area contributed by atoms with Crippen LogP contribution in [0.3, 0.4) is 0 Å². The summed E-state index contributed by atoms with van der Waals surface area (Å²) in [5, 5.41) is 7.40. The van der Waals surface area contributed by atoms with E-state index < -0.39 is 0 Å². The van der Waals surface area contributed by atoms with Gasteiger partial charge in [-0.3, -0.25) is 0 Å². The first-order valence-corrected chi connectivity index (χ1v) is 7.07. The molecule has 1 aromatic heterocycles. The highest BCUT2D eigenvalue weighted by Gasteiger charge is 2.24. The zero-order valence-corrected chi connectivity index (χ0v) is 11.6. The number of benzene rings is 1. The van der Waals surface area contributed by atoms with Gasteiger partial charge in [0.2, 0.25) is 5.89 Å². The largest absolute Gasteiger partial charge is 0.373 e. The lowest BCUT2D eigenvalue weighted by atomic mass is 9.96. The second-order valence-corrected chi connectivity index (χ2v) is 5.01. The summed E-state index contributed by atoms with van der Waals surface area (Å²) < 4.78 is 10.8. The molecule has 3 rings (SSSR count). The van der Waals surface area contributed by atoms with Crippen molar-refractivity contribution in [1.29, 1.82) is 0 Å². The first-order valence-electron chi connectivity index (χ1n) is 7.07. The van der Waals surface area contributed by atoms with E-state index in [1.54, 1.807) is 0 Å². The fourth-order valence-electron chi connectivity index (χ4n) is 2.40. The second kappa shape index (κ2) is 6.15. The fourth-order valence-corrected chi connectivity index (χ4v) is 2.40. The second-order valence-electron chi connectivity index (χ2n) is 5.01. The molecular weight excluding hydrogens is 254 g/mol. The molecule has 5 heteroatoms. The number of nitrogens with one attached hydrogen (secondary N) is 1. The fraction of sp³-hybridized carbons (Fsp3) is 0.467. The standard InChI is InChI=1S/C15H19N3O2/c1-2-7-19-10-14-17-15(20-18-14)13-8-11-5-3-4-6-12(11)9-16-13/h3-6,13,16H,2,7-10H2,1H3. The topological polar surface area (TPSA) is 60.2 Å². The number of hydrogen-bond acceptors (Lipinski definition) is 5. The van der Waals surface area contributed by atoms with Gasteiger partial charge in [0.1, 0.15) is 6.61 Å². The summed E-state index contributed by atoms with van der Waals surface area (Å²) in [5.74, 6) is 1.27. The van der Waals surface area contributed by atoms with Crippen molar-refractivity contribution in [1.82, 2.24) is 15.5 Å². The molecule has 0 saturated carbocycles. The Morgan fingerprint density at radius 3 is 3.05 bits per heavy atom. The third kappa shape index (κ3) is 2.89. The smallest absolute Gasteiger partial charge is 0.244 e. The van der Waals surface area contributed by atoms with E-state index in [2.05, 4.69) is 46.6 Å². The highest BCUT2D eigenvalue weighted by molar-refractivity contribution is 5.30. The number of ether oxygens (including phenoxy) is 1. The van der Waals surface area contributed by atoms with Crippen molar-refractivity contribution < 1.29 is 9.26 Å². The van der Waals surface area contributed by atoms with E-state index in [1.165, 1.54) is 11.1 Å². The lowest BCUT2D eigenvalue weighted by Gasteiger charge is -2.23. The van der Waals surface area contributed by atoms with Crippen molar-refractivity contribution in [3.63, 3.8) is 0 Å². The Hall–Kier alpha value is -1.72. The van der Waals surface area contributed by atoms with Gasteiger partial charge in [0.25, 0.3) is 0 Å². The third-order valence-corrected chi connectivity index (χ3v) is 3.44. The molecule has 1 aliphatic heterocycles. The molecule has 1 atom stereocenters. The van der Waals surface area contributed by atoms with Gasteiger partial charge in [-0.1, -0.05) is 36.3 Å². The van der Waals surface area contributed by atoms with Gasteiger partial charge in [-0.05, 0) is 24.0 Å². The molecule has 0 radical (unpaired) electrons. The molecule has 0 bridgehead atoms. The molecule has 0 aliphatic carbocycles. The van der Waals surface area contributed by atoms with Crippen molar-refractivity contribution in [2.24, 2.45) is 0 Å². The maximum Gasteiger partial charge on any atom is 0.244 e. The van der Waals surface area contributed by atoms with Gasteiger partial charge in [0.15, 0.2) is 5.82 Å². The van der Waals surface area contributed by atoms with Crippen molar-refractivity contribution >= 4 is 0 Å². The summed E-state index contributed by atoms with van der Waals surface area (Å²) in [6.07, 6.45) is 1.87. The van der Waals surface area contributed by atoms with Crippen LogP contribution in [0.15, 0.2) is 28.8 Å². The van der Waals surface area contributed by atoms with E-state index >= 15 is 0 Å². The molecule has 0 saturated heterocycles. The van der Waals surface area contributed by atoms with Crippen LogP contribution in [0.1, 0.15) is 42.2 Å². The van der Waals surface area contributed by atoms with Gasteiger partial charge >= 0.3 is 0 Å². The maximum absolute atomic E-state index is 5.42. The van der Waals surface area contributed by atoms with Gasteiger partial charge in [-0.2, -0.15) is 4.98 Å². The summed E-state index contributed by atoms with van der Waals surface area (Å²) in [6.45, 7) is 4.05. The van der Waals surface area contributed by atoms with Crippen molar-refractivity contribution in [3.05, 3.63) is 47.1 Å². The molecule has 5 nitrogen and oxygen atoms in total. The Morgan fingerprint density at radius 1 is 1.35 bits per heavy atom. The zero-order chi connectivity index (χ0) is 13.8. The van der Waals surface area contributed by atoms with Crippen molar-refractivity contribution in [2.75, 3.05) is 6.61 Å². The van der Waals surface area contributed by atoms with Crippen LogP contribution >= 0.6 is 0 Å². The minimum Gasteiger partial charge on any atom is -0.373 e. The van der Waals surface area contributed by atoms with Crippen LogP contribution in [0, 0.1) is 0 Å². The molecule has 0 amide bonds. The van der Waals surface area contributed by atoms with E-state index in [9.17, 15) is 0 Å². The summed E-state index contributed by atoms with van der Waals surface area (Å²) in [7, 11) is 0. The Bertz CT molecular complexity index is 568. The summed E-state index contributed by atoms with van der Waals surface area (Å²) in [5.41, 5.74) is 2.69. The van der Waals surface area contributed by atoms with Crippen molar-refractivity contribution in [2.45, 2.75) is 39.0 Å². The quantitative estimate of drug-likeness (QED) is 0.848. The Morgan fingerprint density at radius 2 is 2.20 bits per heavy atom. The van der Waals surface area contributed by atoms with Gasteiger partial charge < -0.3 is 14.6 Å². The van der Waals surface area contributed by atoms with Crippen LogP contribution in [0.2, 0.25) is 0 Å². The van der Waals surface area contributed by atoms with Gasteiger partial charge in [0, 0.05) is 13.2 Å². The predicted molar refractivity (Wildman–Crippen MR) is 74.0 cm³/mol. The van der Waals surface area contributed by atoms with Crippen LogP contribution in [0.4, 0.5) is 0 Å². The van der Waals surface area contributed by atoms with E-state index in [4.69, 9.17) is 9.26 Å². The van der Waals surface area contributed by atoms with Crippen LogP contribution in [-0.2, 0) is 24.3 Å². The first kappa shape index (κ1) is 13.3. The molecule has 1 aromatic carbocycles. The van der Waals surface area contributed by atoms with Crippen LogP contribution in [0.5, 0.6) is 0 Å². The Labute approximate surface area is 118 Å². The first-order chi connectivity index (χ1) is 9.86. The third-order valence-electron chi connectivity index (χ3n) is 3.44. The molecule has 20 heavy (non-hydrogen) atoms. The minimum atomic E-state index is 0.0947. The lowest BCUT2D eigenvalue weighted by Crippen LogP contribution is -2.28. The summed E-state index contributed by atoms with van der Waals surface area (Å²) >= 11 is 0. The maximum atomic E-state index is 5.42. The van der Waals surface area contributed by atoms with E-state index in [1.807, 2.05) is 0 Å². The van der Waals surface area contributed by atoms with E-state index in [-0.39, 0.29) is 6.04 Å². The average molecular weight is 273 g/mol. The number of hydrogen-bond donors (Lipinski definition) is 1. The number of rotatable bonds is 5. The molecular formula is C15H19N3O2. The molecule has 106 valence electrons. The number of aromatic nitrogens is 2. The Kier molecular flexibility index (Phi) is 4.08. The molecule has 2 heterocycles. The van der Waals surface area contributed by atoms with Crippen molar-refractivity contribution in [3.8, 4) is 0 Å². The zero-order valence-electron chi connectivity index (χ0n) is 11.6. The molecule has 1 N–H and O–H groups in total. The summed E-state index contributed by atoms with van der Waals surface area (Å²) in [6, 6.07) is 8.54. The number of fused-ring (bicyclic) bond motifs is 1. The molecule has 2 aromatic rings. The average Bonchev–Trinajstić information content (AvgIpc) is 2.96. The molecule has 0 spiro atoms. The van der Waals surface area contributed by atoms with Crippen LogP contribution in [-0.4, -0.2) is 16.7 Å². The monoisotopic (exact) mass is 273 g/mol. The summed E-state index contributed by atoms with van der Waals surface area (Å²) in [4.78, 5) is 4.41. The molecule has 1 aliphatic rings. The normalized spacial score (nSPS) is 17.9. The van der Waals surface area contributed by atoms with Gasteiger partial charge in [-0.15, -0.1) is 0 Å². The predicted octanol–water partition coefficient (Wildman–Crippen LogP) is 2.38. The van der Waals surface area contributed by atoms with Gasteiger partial charge in [-0.25, -0.2) is 0 Å². The van der Waals surface area contributed by atoms with E-state index in [0.717, 1.165) is 26.0 Å². The Balaban J connectivity index is 1.66. The highest BCUT2D eigenvalue weighted by atomic mass is 16.5. The van der Waals surface area contributed by atoms with Gasteiger partial charge in [0.05, 0.1) is 6.04 Å². The highest BCUT2D eigenvalue weighted by Crippen LogP contribution is 2.24. The van der Waals surface area contributed by atoms with Crippen LogP contribution < -0.4 is 5.32 Å². The lowest BCUT2D eigenvalue weighted by molar-refractivity contribution is 0.114. The molecule has 0 fully saturated rings. The SMILES string of the molecule is CCCOCc1noc(C2Cc3ccccc3CN2)n1. The minimum absolute atomic E-state index is 0.0947.